The van der Waals surface area contributed by atoms with Crippen molar-refractivity contribution in [1.82, 2.24) is 0 Å². The Balaban J connectivity index is 1.86. The summed E-state index contributed by atoms with van der Waals surface area (Å²) in [7, 11) is -3.82. The number of carbonyl (C=O) groups is 2. The second-order valence-electron chi connectivity index (χ2n) is 14.6. The van der Waals surface area contributed by atoms with Gasteiger partial charge >= 0.3 is 5.97 Å². The highest BCUT2D eigenvalue weighted by Crippen LogP contribution is 2.55. The zero-order chi connectivity index (χ0) is 32.4. The summed E-state index contributed by atoms with van der Waals surface area (Å²) in [5.74, 6) is -0.240. The van der Waals surface area contributed by atoms with Crippen LogP contribution in [0.3, 0.4) is 0 Å². The number of ketones is 1. The molecule has 0 aromatic heterocycles. The molecule has 0 N–H and O–H groups in total. The summed E-state index contributed by atoms with van der Waals surface area (Å²) in [6, 6.07) is 6.75. The average Bonchev–Trinajstić information content (AvgIpc) is 3.27. The van der Waals surface area contributed by atoms with Gasteiger partial charge in [-0.1, -0.05) is 90.8 Å². The van der Waals surface area contributed by atoms with Crippen molar-refractivity contribution in [2.24, 2.45) is 41.4 Å². The first-order chi connectivity index (χ1) is 20.9. The predicted octanol–water partition coefficient (Wildman–Crippen LogP) is 9.27. The number of carbonyl (C=O) groups excluding carboxylic acids is 2. The lowest BCUT2D eigenvalue weighted by Crippen LogP contribution is -2.46. The van der Waals surface area contributed by atoms with Crippen LogP contribution in [-0.4, -0.2) is 46.7 Å². The number of hydrogen-bond acceptors (Lipinski definition) is 5. The van der Waals surface area contributed by atoms with Gasteiger partial charge in [-0.25, -0.2) is 0 Å². The normalized spacial score (nSPS) is 38.3. The first-order valence-corrected chi connectivity index (χ1v) is 23.1. The summed E-state index contributed by atoms with van der Waals surface area (Å²) in [5, 5.41) is 0. The molecule has 0 radical (unpaired) electrons. The molecule has 1 saturated heterocycles. The first-order valence-electron chi connectivity index (χ1n) is 18.1. The lowest BCUT2D eigenvalue weighted by atomic mass is 9.66. The molecule has 2 heterocycles. The molecule has 2 fully saturated rings. The SMILES string of the molecule is CC[Si](CC)(CC)O[C@@H]1[C@@H](C)[C@H](O[Si](CC)(CC)CC)[C@@H]2[C@@H]1C=C(C)[C@H]1C/C=C(\C)CC[C@@H]3OC(=O)[C@H](/C=C\[C@@H]21)C(=O)[C@H]3C. The molecule has 44 heavy (non-hydrogen) atoms. The third kappa shape index (κ3) is 6.73. The van der Waals surface area contributed by atoms with Crippen molar-refractivity contribution in [3.8, 4) is 0 Å². The molecule has 2 bridgehead atoms. The number of fused-ring (bicyclic) bond motifs is 6. The summed E-state index contributed by atoms with van der Waals surface area (Å²) >= 11 is 0. The summed E-state index contributed by atoms with van der Waals surface area (Å²) < 4.78 is 20.9. The smallest absolute Gasteiger partial charge is 0.320 e. The fraction of sp³-hybridized carbons (Fsp3) is 0.784. The van der Waals surface area contributed by atoms with Crippen LogP contribution in [-0.2, 0) is 23.2 Å². The molecular formula is C37H62O5Si2. The van der Waals surface area contributed by atoms with E-state index in [1.54, 1.807) is 0 Å². The molecule has 5 aliphatic rings. The van der Waals surface area contributed by atoms with Gasteiger partial charge < -0.3 is 13.6 Å². The number of hydrogen-bond donors (Lipinski definition) is 0. The monoisotopic (exact) mass is 642 g/mol. The van der Waals surface area contributed by atoms with Crippen molar-refractivity contribution in [2.75, 3.05) is 0 Å². The van der Waals surface area contributed by atoms with E-state index >= 15 is 0 Å². The third-order valence-corrected chi connectivity index (χ3v) is 22.0. The third-order valence-electron chi connectivity index (χ3n) is 12.7. The maximum absolute atomic E-state index is 13.6. The van der Waals surface area contributed by atoms with Gasteiger partial charge in [0.25, 0.3) is 0 Å². The molecule has 248 valence electrons. The highest BCUT2D eigenvalue weighted by molar-refractivity contribution is 6.74. The number of ether oxygens (including phenoxy) is 1. The van der Waals surface area contributed by atoms with Gasteiger partial charge in [0.05, 0.1) is 18.1 Å². The minimum atomic E-state index is -1.93. The fourth-order valence-electron chi connectivity index (χ4n) is 8.99. The Morgan fingerprint density at radius 2 is 1.39 bits per heavy atom. The van der Waals surface area contributed by atoms with Crippen molar-refractivity contribution >= 4 is 28.4 Å². The Bertz CT molecular complexity index is 1100. The van der Waals surface area contributed by atoms with Gasteiger partial charge in [-0.2, -0.15) is 0 Å². The fourth-order valence-corrected chi connectivity index (χ4v) is 14.9. The van der Waals surface area contributed by atoms with Crippen LogP contribution < -0.4 is 0 Å². The Morgan fingerprint density at radius 3 is 1.95 bits per heavy atom. The largest absolute Gasteiger partial charge is 0.461 e. The van der Waals surface area contributed by atoms with Crippen LogP contribution in [0, 0.1) is 41.4 Å². The van der Waals surface area contributed by atoms with Crippen molar-refractivity contribution < 1.29 is 23.2 Å². The molecule has 2 aliphatic heterocycles. The predicted molar refractivity (Wildman–Crippen MR) is 185 cm³/mol. The van der Waals surface area contributed by atoms with E-state index in [9.17, 15) is 9.59 Å². The lowest BCUT2D eigenvalue weighted by molar-refractivity contribution is -0.167. The molecule has 5 nitrogen and oxygen atoms in total. The van der Waals surface area contributed by atoms with Gasteiger partial charge in [-0.3, -0.25) is 9.59 Å². The van der Waals surface area contributed by atoms with Crippen LogP contribution in [0.15, 0.2) is 35.5 Å². The zero-order valence-corrected chi connectivity index (χ0v) is 31.5. The first kappa shape index (κ1) is 35.6. The Kier molecular flexibility index (Phi) is 11.8. The summed E-state index contributed by atoms with van der Waals surface area (Å²) in [4.78, 5) is 26.8. The number of rotatable bonds is 10. The van der Waals surface area contributed by atoms with Crippen LogP contribution >= 0.6 is 0 Å². The summed E-state index contributed by atoms with van der Waals surface area (Å²) in [6.45, 7) is 22.8. The van der Waals surface area contributed by atoms with Gasteiger partial charge in [0.15, 0.2) is 22.4 Å². The molecule has 0 aromatic rings. The number of allylic oxidation sites excluding steroid dienone is 4. The van der Waals surface area contributed by atoms with E-state index in [-0.39, 0.29) is 59.7 Å². The molecule has 0 aromatic carbocycles. The van der Waals surface area contributed by atoms with E-state index in [0.717, 1.165) is 49.1 Å². The van der Waals surface area contributed by atoms with Crippen LogP contribution in [0.25, 0.3) is 0 Å². The van der Waals surface area contributed by atoms with Crippen molar-refractivity contribution in [3.63, 3.8) is 0 Å². The molecule has 10 atom stereocenters. The average molecular weight is 643 g/mol. The van der Waals surface area contributed by atoms with Crippen LogP contribution in [0.4, 0.5) is 0 Å². The summed E-state index contributed by atoms with van der Waals surface area (Å²) in [6.07, 6.45) is 11.5. The van der Waals surface area contributed by atoms with Crippen LogP contribution in [0.5, 0.6) is 0 Å². The topological polar surface area (TPSA) is 61.8 Å². The van der Waals surface area contributed by atoms with E-state index in [0.29, 0.717) is 12.3 Å². The van der Waals surface area contributed by atoms with Gasteiger partial charge in [-0.15, -0.1) is 0 Å². The molecule has 3 aliphatic carbocycles. The highest BCUT2D eigenvalue weighted by Gasteiger charge is 2.57. The molecular weight excluding hydrogens is 581 g/mol. The maximum Gasteiger partial charge on any atom is 0.320 e. The number of Topliss-reactive ketones (excluding diaryl/α,β-unsaturated/α-hetero) is 1. The quantitative estimate of drug-likeness (QED) is 0.103. The zero-order valence-electron chi connectivity index (χ0n) is 29.5. The number of esters is 1. The molecule has 0 unspecified atom stereocenters. The van der Waals surface area contributed by atoms with Crippen molar-refractivity contribution in [1.29, 1.82) is 0 Å². The van der Waals surface area contributed by atoms with E-state index in [4.69, 9.17) is 13.6 Å². The minimum Gasteiger partial charge on any atom is -0.461 e. The second kappa shape index (κ2) is 14.6. The molecule has 5 rings (SSSR count). The van der Waals surface area contributed by atoms with E-state index in [2.05, 4.69) is 80.5 Å². The van der Waals surface area contributed by atoms with Gasteiger partial charge in [0, 0.05) is 11.8 Å². The van der Waals surface area contributed by atoms with Gasteiger partial charge in [-0.05, 0) is 87.1 Å². The molecule has 7 heteroatoms. The Hall–Kier alpha value is -1.29. The summed E-state index contributed by atoms with van der Waals surface area (Å²) in [5.41, 5.74) is 2.72. The van der Waals surface area contributed by atoms with Crippen LogP contribution in [0.2, 0.25) is 36.3 Å². The van der Waals surface area contributed by atoms with Crippen molar-refractivity contribution in [2.45, 2.75) is 143 Å². The van der Waals surface area contributed by atoms with Crippen molar-refractivity contribution in [3.05, 3.63) is 35.5 Å². The van der Waals surface area contributed by atoms with Gasteiger partial charge in [0.1, 0.15) is 12.0 Å². The second-order valence-corrected chi connectivity index (χ2v) is 24.1. The molecule has 0 amide bonds. The van der Waals surface area contributed by atoms with Crippen LogP contribution in [0.1, 0.15) is 88.5 Å². The highest BCUT2D eigenvalue weighted by atomic mass is 28.4. The van der Waals surface area contributed by atoms with Gasteiger partial charge in [0.2, 0.25) is 0 Å². The van der Waals surface area contributed by atoms with E-state index in [1.807, 2.05) is 13.0 Å². The minimum absolute atomic E-state index is 0.00680. The standard InChI is InChI=1S/C37H62O5Si2/c1-11-43(12-2,13-3)41-35-27(10)36(42-44(14-4,15-5)16-6)33-29-20-21-30-34(38)26(9)32(40-37(30)39)22-18-24(7)17-19-28(29)25(8)23-31(33)35/h17,20-21,23,26-33,35-36H,11-16,18-19,22H2,1-10H3/b21-20-,24-17+/t26-,27+,28+,29+,30+,31-,32-,33-,35+,36-/m0/s1. The maximum atomic E-state index is 13.6. The van der Waals surface area contributed by atoms with E-state index < -0.39 is 22.6 Å². The van der Waals surface area contributed by atoms with E-state index in [1.165, 1.54) is 11.1 Å². The Labute approximate surface area is 270 Å². The molecule has 0 spiro atoms. The lowest BCUT2D eigenvalue weighted by Gasteiger charge is -2.43. The Morgan fingerprint density at radius 1 is 0.818 bits per heavy atom. The molecule has 1 saturated carbocycles.